The van der Waals surface area contributed by atoms with E-state index in [0.717, 1.165) is 36.4 Å². The number of hydrogen-bond acceptors (Lipinski definition) is 12. The number of aromatic nitrogens is 8. The Kier molecular flexibility index (Phi) is 10.9. The average molecular weight is 761 g/mol. The maximum Gasteiger partial charge on any atom is 0.240 e. The van der Waals surface area contributed by atoms with Crippen molar-refractivity contribution in [3.8, 4) is 22.8 Å². The summed E-state index contributed by atoms with van der Waals surface area (Å²) >= 11 is 0. The smallest absolute Gasteiger partial charge is 0.240 e. The molecule has 0 radical (unpaired) electrons. The highest BCUT2D eigenvalue weighted by Crippen LogP contribution is 2.33. The molecule has 0 aliphatic carbocycles. The first-order valence-electron chi connectivity index (χ1n) is 14.7. The lowest BCUT2D eigenvalue weighted by molar-refractivity contribution is 0.586. The summed E-state index contributed by atoms with van der Waals surface area (Å²) < 4.78 is 109. The molecule has 52 heavy (non-hydrogen) atoms. The van der Waals surface area contributed by atoms with Gasteiger partial charge in [0.1, 0.15) is 23.3 Å². The minimum atomic E-state index is -3.72. The summed E-state index contributed by atoms with van der Waals surface area (Å²) in [6.07, 6.45) is 0. The second-order valence-electron chi connectivity index (χ2n) is 10.6. The summed E-state index contributed by atoms with van der Waals surface area (Å²) in [7, 11) is -1.76. The summed E-state index contributed by atoms with van der Waals surface area (Å²) in [6.45, 7) is 0. The van der Waals surface area contributed by atoms with Crippen molar-refractivity contribution in [2.24, 2.45) is 14.1 Å². The molecule has 4 aromatic carbocycles. The van der Waals surface area contributed by atoms with Crippen LogP contribution in [-0.4, -0.2) is 71.3 Å². The van der Waals surface area contributed by atoms with Crippen LogP contribution in [0.1, 0.15) is 0 Å². The Hall–Kier alpha value is -5.84. The molecule has 6 rings (SSSR count). The van der Waals surface area contributed by atoms with Crippen molar-refractivity contribution in [3.63, 3.8) is 0 Å². The Bertz CT molecular complexity index is 2480. The molecule has 16 nitrogen and oxygen atoms in total. The zero-order valence-corrected chi connectivity index (χ0v) is 29.1. The zero-order valence-electron chi connectivity index (χ0n) is 27.5. The lowest BCUT2D eigenvalue weighted by Crippen LogP contribution is -2.18. The Balaban J connectivity index is 0.000000201. The van der Waals surface area contributed by atoms with Gasteiger partial charge in [-0.25, -0.2) is 48.5 Å². The molecule has 22 heteroatoms. The third-order valence-corrected chi connectivity index (χ3v) is 9.97. The fourth-order valence-corrected chi connectivity index (χ4v) is 6.04. The van der Waals surface area contributed by atoms with Gasteiger partial charge in [-0.3, -0.25) is 0 Å². The van der Waals surface area contributed by atoms with E-state index in [1.807, 2.05) is 0 Å². The summed E-state index contributed by atoms with van der Waals surface area (Å²) in [4.78, 5) is 1.14. The van der Waals surface area contributed by atoms with Crippen LogP contribution in [-0.2, 0) is 34.1 Å². The van der Waals surface area contributed by atoms with E-state index in [1.165, 1.54) is 60.0 Å². The highest BCUT2D eigenvalue weighted by atomic mass is 32.2. The van der Waals surface area contributed by atoms with Gasteiger partial charge in [0.2, 0.25) is 25.9 Å². The molecule has 2 heterocycles. The monoisotopic (exact) mass is 760 g/mol. The molecular formula is C30H28F4N12O4S2. The molecule has 0 saturated carbocycles. The first-order valence-corrected chi connectivity index (χ1v) is 17.6. The molecule has 6 aromatic rings. The Morgan fingerprint density at radius 3 is 1.54 bits per heavy atom. The molecular weight excluding hydrogens is 733 g/mol. The number of sulfonamides is 2. The molecule has 272 valence electrons. The van der Waals surface area contributed by atoms with Gasteiger partial charge in [-0.1, -0.05) is 0 Å². The summed E-state index contributed by atoms with van der Waals surface area (Å²) in [5.41, 5.74) is 0.945. The predicted molar refractivity (Wildman–Crippen MR) is 180 cm³/mol. The van der Waals surface area contributed by atoms with E-state index in [-0.39, 0.29) is 44.1 Å². The van der Waals surface area contributed by atoms with E-state index in [1.54, 1.807) is 14.1 Å². The normalized spacial score (nSPS) is 11.5. The molecule has 0 amide bonds. The molecule has 0 atom stereocenters. The largest absolute Gasteiger partial charge is 0.352 e. The van der Waals surface area contributed by atoms with Crippen LogP contribution in [0.3, 0.4) is 0 Å². The van der Waals surface area contributed by atoms with Gasteiger partial charge in [0.05, 0.1) is 28.2 Å². The van der Waals surface area contributed by atoms with Gasteiger partial charge in [0.25, 0.3) is 0 Å². The maximum absolute atomic E-state index is 14.0. The number of benzene rings is 4. The van der Waals surface area contributed by atoms with E-state index < -0.39 is 43.3 Å². The Labute approximate surface area is 294 Å². The van der Waals surface area contributed by atoms with Gasteiger partial charge in [-0.05, 0) is 90.4 Å². The SMILES string of the molecule is CNS(=O)(=O)c1ccc(Nc2cc(F)ccc2F)c(-c2nnn(C)n2)c1.CNS(=O)(=O)c1ccc(Nc2cc(F)ccc2F)c(-c2nnnn2C)c1. The number of nitrogens with zero attached hydrogens (tertiary/aromatic N) is 8. The van der Waals surface area contributed by atoms with Crippen LogP contribution in [0.4, 0.5) is 40.3 Å². The van der Waals surface area contributed by atoms with Crippen molar-refractivity contribution >= 4 is 42.8 Å². The van der Waals surface area contributed by atoms with E-state index in [0.29, 0.717) is 11.3 Å². The van der Waals surface area contributed by atoms with Crippen LogP contribution in [0.2, 0.25) is 0 Å². The minimum absolute atomic E-state index is 0.0248. The van der Waals surface area contributed by atoms with Crippen molar-refractivity contribution in [3.05, 3.63) is 96.1 Å². The third kappa shape index (κ3) is 8.37. The minimum Gasteiger partial charge on any atom is -0.352 e. The molecule has 0 aliphatic rings. The molecule has 0 spiro atoms. The second kappa shape index (κ2) is 15.2. The van der Waals surface area contributed by atoms with Crippen LogP contribution in [0.15, 0.2) is 82.6 Å². The van der Waals surface area contributed by atoms with Crippen molar-refractivity contribution in [2.45, 2.75) is 9.79 Å². The molecule has 0 unspecified atom stereocenters. The number of aryl methyl sites for hydroxylation is 2. The van der Waals surface area contributed by atoms with Crippen LogP contribution in [0, 0.1) is 23.3 Å². The third-order valence-electron chi connectivity index (χ3n) is 7.15. The Morgan fingerprint density at radius 2 is 1.10 bits per heavy atom. The number of nitrogens with one attached hydrogen (secondary N) is 4. The number of rotatable bonds is 10. The molecule has 0 aliphatic heterocycles. The summed E-state index contributed by atoms with van der Waals surface area (Å²) in [5, 5.41) is 28.2. The molecule has 4 N–H and O–H groups in total. The molecule has 0 bridgehead atoms. The van der Waals surface area contributed by atoms with E-state index in [4.69, 9.17) is 0 Å². The van der Waals surface area contributed by atoms with Gasteiger partial charge in [-0.15, -0.1) is 15.3 Å². The Morgan fingerprint density at radius 1 is 0.596 bits per heavy atom. The number of hydrogen-bond donors (Lipinski definition) is 4. The second-order valence-corrected chi connectivity index (χ2v) is 14.3. The van der Waals surface area contributed by atoms with Crippen LogP contribution in [0.5, 0.6) is 0 Å². The zero-order chi connectivity index (χ0) is 37.8. The lowest BCUT2D eigenvalue weighted by atomic mass is 10.1. The van der Waals surface area contributed by atoms with Gasteiger partial charge >= 0.3 is 0 Å². The van der Waals surface area contributed by atoms with E-state index >= 15 is 0 Å². The highest BCUT2D eigenvalue weighted by Gasteiger charge is 2.20. The van der Waals surface area contributed by atoms with Crippen molar-refractivity contribution in [2.75, 3.05) is 24.7 Å². The van der Waals surface area contributed by atoms with Gasteiger partial charge in [0, 0.05) is 41.7 Å². The topological polar surface area (TPSA) is 204 Å². The van der Waals surface area contributed by atoms with Crippen molar-refractivity contribution < 1.29 is 34.4 Å². The van der Waals surface area contributed by atoms with E-state index in [2.05, 4.69) is 51.0 Å². The van der Waals surface area contributed by atoms with Crippen LogP contribution < -0.4 is 20.1 Å². The lowest BCUT2D eigenvalue weighted by Gasteiger charge is -2.14. The number of halogens is 4. The molecule has 2 aromatic heterocycles. The van der Waals surface area contributed by atoms with E-state index in [9.17, 15) is 34.4 Å². The highest BCUT2D eigenvalue weighted by molar-refractivity contribution is 7.89. The summed E-state index contributed by atoms with van der Waals surface area (Å²) in [6, 6.07) is 14.1. The quantitative estimate of drug-likeness (QED) is 0.148. The fourth-order valence-electron chi connectivity index (χ4n) is 4.53. The van der Waals surface area contributed by atoms with Crippen molar-refractivity contribution in [1.82, 2.24) is 49.9 Å². The molecule has 0 fully saturated rings. The fraction of sp³-hybridized carbons (Fsp3) is 0.133. The standard InChI is InChI=1S/2C15H14F2N6O2S/c1-18-26(24,25)10-4-6-13(11(8-10)15-20-21-22-23(15)2)19-14-7-9(16)3-5-12(14)17;1-18-26(24,25)10-4-6-13(11(8-10)15-20-22-23(2)21-15)19-14-7-9(16)3-5-12(14)17/h2*3-8,18-19H,1-2H3. The van der Waals surface area contributed by atoms with Crippen LogP contribution >= 0.6 is 0 Å². The first kappa shape index (κ1) is 37.4. The average Bonchev–Trinajstić information content (AvgIpc) is 3.76. The van der Waals surface area contributed by atoms with Gasteiger partial charge < -0.3 is 10.6 Å². The molecule has 0 saturated heterocycles. The first-order chi connectivity index (χ1) is 24.6. The predicted octanol–water partition coefficient (Wildman–Crippen LogP) is 3.61. The number of anilines is 4. The number of tetrazole rings is 2. The summed E-state index contributed by atoms with van der Waals surface area (Å²) in [5.74, 6) is -2.21. The maximum atomic E-state index is 14.0. The van der Waals surface area contributed by atoms with Gasteiger partial charge in [-0.2, -0.15) is 4.80 Å². The van der Waals surface area contributed by atoms with Gasteiger partial charge in [0.15, 0.2) is 5.82 Å². The van der Waals surface area contributed by atoms with Crippen LogP contribution in [0.25, 0.3) is 22.8 Å². The van der Waals surface area contributed by atoms with Crippen molar-refractivity contribution in [1.29, 1.82) is 0 Å².